The van der Waals surface area contributed by atoms with E-state index in [0.717, 1.165) is 49.0 Å². The van der Waals surface area contributed by atoms with Crippen LogP contribution in [0.5, 0.6) is 0 Å². The van der Waals surface area contributed by atoms with E-state index < -0.39 is 0 Å². The predicted molar refractivity (Wildman–Crippen MR) is 65.1 cm³/mol. The molecule has 17 heavy (non-hydrogen) atoms. The zero-order valence-corrected chi connectivity index (χ0v) is 10.1. The van der Waals surface area contributed by atoms with Gasteiger partial charge in [0.05, 0.1) is 5.56 Å². The summed E-state index contributed by atoms with van der Waals surface area (Å²) in [6, 6.07) is 6.09. The molecular formula is C14H17NO2. The van der Waals surface area contributed by atoms with Crippen LogP contribution in [-0.4, -0.2) is 24.7 Å². The van der Waals surface area contributed by atoms with Crippen molar-refractivity contribution in [3.63, 3.8) is 0 Å². The van der Waals surface area contributed by atoms with E-state index in [2.05, 4.69) is 17.4 Å². The molecule has 1 saturated heterocycles. The summed E-state index contributed by atoms with van der Waals surface area (Å²) in [5.41, 5.74) is 2.77. The third-order valence-electron chi connectivity index (χ3n) is 3.82. The molecule has 1 N–H and O–H groups in total. The lowest BCUT2D eigenvalue weighted by molar-refractivity contribution is -0.0398. The number of carbonyl (C=O) groups excluding carboxylic acids is 1. The summed E-state index contributed by atoms with van der Waals surface area (Å²) in [6.07, 6.45) is 2.72. The van der Waals surface area contributed by atoms with E-state index in [1.54, 1.807) is 0 Å². The summed E-state index contributed by atoms with van der Waals surface area (Å²) < 4.78 is 5.72. The van der Waals surface area contributed by atoms with Gasteiger partial charge in [0.25, 0.3) is 0 Å². The standard InChI is InChI=1S/C14H17NO2/c1-10-2-3-11-9-14(4-6-15-7-5-14)17-13(16)12(11)8-10/h2-3,8,15H,4-7,9H2,1H3. The van der Waals surface area contributed by atoms with Crippen molar-refractivity contribution in [1.82, 2.24) is 5.32 Å². The molecule has 2 aliphatic heterocycles. The molecule has 2 aliphatic rings. The number of hydrogen-bond acceptors (Lipinski definition) is 3. The second-order valence-electron chi connectivity index (χ2n) is 5.16. The smallest absolute Gasteiger partial charge is 0.338 e. The molecule has 1 aromatic rings. The number of piperidine rings is 1. The maximum Gasteiger partial charge on any atom is 0.338 e. The monoisotopic (exact) mass is 231 g/mol. The molecule has 0 unspecified atom stereocenters. The molecule has 1 spiro atoms. The maximum absolute atomic E-state index is 12.1. The van der Waals surface area contributed by atoms with Crippen LogP contribution in [0.1, 0.15) is 34.3 Å². The lowest BCUT2D eigenvalue weighted by atomic mass is 9.82. The highest BCUT2D eigenvalue weighted by molar-refractivity contribution is 5.92. The van der Waals surface area contributed by atoms with Gasteiger partial charge >= 0.3 is 5.97 Å². The van der Waals surface area contributed by atoms with E-state index in [4.69, 9.17) is 4.74 Å². The van der Waals surface area contributed by atoms with Crippen molar-refractivity contribution >= 4 is 5.97 Å². The van der Waals surface area contributed by atoms with Crippen LogP contribution in [-0.2, 0) is 11.2 Å². The zero-order chi connectivity index (χ0) is 11.9. The van der Waals surface area contributed by atoms with Crippen molar-refractivity contribution in [3.8, 4) is 0 Å². The number of hydrogen-bond donors (Lipinski definition) is 1. The SMILES string of the molecule is Cc1ccc2c(c1)C(=O)OC1(CCNCC1)C2. The Morgan fingerprint density at radius 1 is 1.29 bits per heavy atom. The van der Waals surface area contributed by atoms with Crippen LogP contribution in [0.15, 0.2) is 18.2 Å². The first-order chi connectivity index (χ1) is 8.19. The lowest BCUT2D eigenvalue weighted by Crippen LogP contribution is -2.49. The average Bonchev–Trinajstić information content (AvgIpc) is 2.31. The number of carbonyl (C=O) groups is 1. The largest absolute Gasteiger partial charge is 0.455 e. The first kappa shape index (κ1) is 10.8. The second-order valence-corrected chi connectivity index (χ2v) is 5.16. The minimum atomic E-state index is -0.245. The Morgan fingerprint density at radius 3 is 2.82 bits per heavy atom. The van der Waals surface area contributed by atoms with Crippen molar-refractivity contribution in [1.29, 1.82) is 0 Å². The fraction of sp³-hybridized carbons (Fsp3) is 0.500. The van der Waals surface area contributed by atoms with Crippen LogP contribution in [0.2, 0.25) is 0 Å². The first-order valence-corrected chi connectivity index (χ1v) is 6.22. The Balaban J connectivity index is 1.97. The van der Waals surface area contributed by atoms with Gasteiger partial charge in [-0.1, -0.05) is 17.7 Å². The molecule has 3 heteroatoms. The van der Waals surface area contributed by atoms with Crippen LogP contribution < -0.4 is 5.32 Å². The molecule has 1 aromatic carbocycles. The molecule has 0 aliphatic carbocycles. The third-order valence-corrected chi connectivity index (χ3v) is 3.82. The lowest BCUT2D eigenvalue weighted by Gasteiger charge is -2.40. The summed E-state index contributed by atoms with van der Waals surface area (Å²) in [4.78, 5) is 12.1. The number of ether oxygens (including phenoxy) is 1. The highest BCUT2D eigenvalue weighted by Crippen LogP contribution is 2.34. The van der Waals surface area contributed by atoms with Gasteiger partial charge in [-0.15, -0.1) is 0 Å². The fourth-order valence-corrected chi connectivity index (χ4v) is 2.83. The molecule has 1 fully saturated rings. The number of nitrogens with one attached hydrogen (secondary N) is 1. The Hall–Kier alpha value is -1.35. The number of fused-ring (bicyclic) bond motifs is 1. The predicted octanol–water partition coefficient (Wildman–Crippen LogP) is 1.83. The number of esters is 1. The van der Waals surface area contributed by atoms with Gasteiger partial charge in [0.1, 0.15) is 5.60 Å². The van der Waals surface area contributed by atoms with E-state index in [1.165, 1.54) is 0 Å². The Labute approximate surface area is 101 Å². The Kier molecular flexibility index (Phi) is 2.44. The normalized spacial score (nSPS) is 22.1. The maximum atomic E-state index is 12.1. The number of aryl methyl sites for hydroxylation is 1. The molecule has 2 heterocycles. The first-order valence-electron chi connectivity index (χ1n) is 6.22. The molecular weight excluding hydrogens is 214 g/mol. The molecule has 3 nitrogen and oxygen atoms in total. The van der Waals surface area contributed by atoms with Gasteiger partial charge in [0.15, 0.2) is 0 Å². The minimum Gasteiger partial charge on any atom is -0.455 e. The Bertz CT molecular complexity index is 461. The highest BCUT2D eigenvalue weighted by Gasteiger charge is 2.40. The second kappa shape index (κ2) is 3.84. The quantitative estimate of drug-likeness (QED) is 0.692. The van der Waals surface area contributed by atoms with Crippen LogP contribution in [0.4, 0.5) is 0 Å². The third kappa shape index (κ3) is 1.84. The van der Waals surface area contributed by atoms with Crippen molar-refractivity contribution in [2.24, 2.45) is 0 Å². The van der Waals surface area contributed by atoms with Gasteiger partial charge in [0, 0.05) is 19.3 Å². The molecule has 0 saturated carbocycles. The summed E-state index contributed by atoms with van der Waals surface area (Å²) in [7, 11) is 0. The number of benzene rings is 1. The van der Waals surface area contributed by atoms with Gasteiger partial charge in [-0.05, 0) is 31.6 Å². The van der Waals surface area contributed by atoms with E-state index in [0.29, 0.717) is 0 Å². The van der Waals surface area contributed by atoms with E-state index in [9.17, 15) is 4.79 Å². The van der Waals surface area contributed by atoms with E-state index in [-0.39, 0.29) is 11.6 Å². The Morgan fingerprint density at radius 2 is 2.06 bits per heavy atom. The van der Waals surface area contributed by atoms with Crippen molar-refractivity contribution in [2.75, 3.05) is 13.1 Å². The van der Waals surface area contributed by atoms with Crippen molar-refractivity contribution in [2.45, 2.75) is 31.8 Å². The van der Waals surface area contributed by atoms with Gasteiger partial charge in [-0.25, -0.2) is 4.79 Å². The zero-order valence-electron chi connectivity index (χ0n) is 10.1. The summed E-state index contributed by atoms with van der Waals surface area (Å²) >= 11 is 0. The molecule has 0 radical (unpaired) electrons. The van der Waals surface area contributed by atoms with Gasteiger partial charge in [-0.2, -0.15) is 0 Å². The van der Waals surface area contributed by atoms with Crippen LogP contribution in [0.25, 0.3) is 0 Å². The van der Waals surface area contributed by atoms with Gasteiger partial charge in [-0.3, -0.25) is 0 Å². The topological polar surface area (TPSA) is 38.3 Å². The van der Waals surface area contributed by atoms with E-state index in [1.807, 2.05) is 13.0 Å². The van der Waals surface area contributed by atoms with Crippen LogP contribution in [0.3, 0.4) is 0 Å². The van der Waals surface area contributed by atoms with Gasteiger partial charge in [0.2, 0.25) is 0 Å². The minimum absolute atomic E-state index is 0.142. The number of rotatable bonds is 0. The molecule has 90 valence electrons. The highest BCUT2D eigenvalue weighted by atomic mass is 16.6. The van der Waals surface area contributed by atoms with Crippen LogP contribution in [0, 0.1) is 6.92 Å². The molecule has 0 amide bonds. The molecule has 0 aromatic heterocycles. The van der Waals surface area contributed by atoms with E-state index >= 15 is 0 Å². The van der Waals surface area contributed by atoms with Crippen molar-refractivity contribution in [3.05, 3.63) is 34.9 Å². The average molecular weight is 231 g/mol. The molecule has 3 rings (SSSR count). The molecule has 0 bridgehead atoms. The summed E-state index contributed by atoms with van der Waals surface area (Å²) in [5.74, 6) is -0.142. The van der Waals surface area contributed by atoms with Crippen LogP contribution >= 0.6 is 0 Å². The summed E-state index contributed by atoms with van der Waals surface area (Å²) in [6.45, 7) is 3.88. The summed E-state index contributed by atoms with van der Waals surface area (Å²) in [5, 5.41) is 3.31. The van der Waals surface area contributed by atoms with Gasteiger partial charge < -0.3 is 10.1 Å². The fourth-order valence-electron chi connectivity index (χ4n) is 2.83. The molecule has 0 atom stereocenters. The van der Waals surface area contributed by atoms with Crippen molar-refractivity contribution < 1.29 is 9.53 Å².